The summed E-state index contributed by atoms with van der Waals surface area (Å²) in [5, 5.41) is 0. The predicted octanol–water partition coefficient (Wildman–Crippen LogP) is -0.495. The Morgan fingerprint density at radius 2 is 2.33 bits per heavy atom. The molecule has 6 heavy (non-hydrogen) atoms. The van der Waals surface area contributed by atoms with E-state index in [0.29, 0.717) is 6.26 Å². The second-order valence-electron chi connectivity index (χ2n) is 0.468. The lowest BCUT2D eigenvalue weighted by molar-refractivity contribution is -0.123. The Kier molecular flexibility index (Phi) is 3.21. The summed E-state index contributed by atoms with van der Waals surface area (Å²) in [6.45, 7) is 0.144. The molecule has 0 saturated heterocycles. The summed E-state index contributed by atoms with van der Waals surface area (Å²) < 4.78 is 3.75. The van der Waals surface area contributed by atoms with Crippen LogP contribution in [0.5, 0.6) is 0 Å². The Balaban J connectivity index is 3.07. The van der Waals surface area contributed by atoms with Gasteiger partial charge in [0.15, 0.2) is 12.2 Å². The number of carbonyl (C=O) groups excluding carboxylic acids is 2. The number of rotatable bonds is 2. The fraction of sp³-hybridized carbons (Fsp3) is 0. The molecule has 0 aromatic rings. The summed E-state index contributed by atoms with van der Waals surface area (Å²) in [5.74, 6) is 1.24. The minimum Gasteiger partial charge on any atom is -0.425 e. The quantitative estimate of drug-likeness (QED) is 0.258. The fourth-order valence-corrected chi connectivity index (χ4v) is 0.0556. The molecule has 0 saturated carbocycles. The number of hydrogen-bond acceptors (Lipinski definition) is 3. The molecule has 0 spiro atoms. The van der Waals surface area contributed by atoms with Crippen molar-refractivity contribution in [1.29, 1.82) is 0 Å². The van der Waals surface area contributed by atoms with Crippen molar-refractivity contribution in [2.75, 3.05) is 0 Å². The van der Waals surface area contributed by atoms with Crippen LogP contribution < -0.4 is 0 Å². The first-order valence-electron chi connectivity index (χ1n) is 1.20. The maximum atomic E-state index is 9.13. The molecule has 0 bridgehead atoms. The van der Waals surface area contributed by atoms with Gasteiger partial charge in [0.05, 0.1) is 0 Å². The van der Waals surface area contributed by atoms with Gasteiger partial charge in [-0.3, -0.25) is 4.79 Å². The van der Waals surface area contributed by atoms with Crippen LogP contribution in [0.1, 0.15) is 0 Å². The third-order valence-electron chi connectivity index (χ3n) is 0.172. The van der Waals surface area contributed by atoms with E-state index in [4.69, 9.17) is 9.59 Å². The monoisotopic (exact) mass is 86.0 g/mol. The highest BCUT2D eigenvalue weighted by Gasteiger charge is 1.59. The highest BCUT2D eigenvalue weighted by Crippen LogP contribution is 1.54. The van der Waals surface area contributed by atoms with Gasteiger partial charge in [0.25, 0.3) is 6.47 Å². The van der Waals surface area contributed by atoms with Crippen LogP contribution in [0.3, 0.4) is 0 Å². The summed E-state index contributed by atoms with van der Waals surface area (Å²) in [5.41, 5.74) is 0. The molecule has 0 aromatic heterocycles. The van der Waals surface area contributed by atoms with Crippen LogP contribution in [0.2, 0.25) is 0 Å². The molecule has 0 aromatic carbocycles. The Morgan fingerprint density at radius 1 is 1.67 bits per heavy atom. The van der Waals surface area contributed by atoms with E-state index in [1.54, 1.807) is 0 Å². The second kappa shape index (κ2) is 3.92. The lowest BCUT2D eigenvalue weighted by atomic mass is 11.1. The second-order valence-corrected chi connectivity index (χ2v) is 0.468. The van der Waals surface area contributed by atoms with Gasteiger partial charge in [-0.25, -0.2) is 4.79 Å². The minimum absolute atomic E-state index is 0.144. The van der Waals surface area contributed by atoms with Gasteiger partial charge < -0.3 is 4.74 Å². The van der Waals surface area contributed by atoms with E-state index < -0.39 is 0 Å². The molecular weight excluding hydrogens is 84.0 g/mol. The SMILES string of the molecule is O=C=COC=O. The topological polar surface area (TPSA) is 43.4 Å². The zero-order chi connectivity index (χ0) is 4.83. The maximum absolute atomic E-state index is 9.13. The summed E-state index contributed by atoms with van der Waals surface area (Å²) in [7, 11) is 0. The summed E-state index contributed by atoms with van der Waals surface area (Å²) in [4.78, 5) is 18.2. The first-order valence-corrected chi connectivity index (χ1v) is 1.20. The van der Waals surface area contributed by atoms with Crippen LogP contribution in [-0.4, -0.2) is 12.4 Å². The Hall–Kier alpha value is -1.08. The lowest BCUT2D eigenvalue weighted by Gasteiger charge is -1.69. The average Bonchev–Trinajstić information content (AvgIpc) is 1.61. The molecule has 0 unspecified atom stereocenters. The molecule has 0 aliphatic rings. The van der Waals surface area contributed by atoms with E-state index in [9.17, 15) is 0 Å². The smallest absolute Gasteiger partial charge is 0.298 e. The first kappa shape index (κ1) is 4.92. The predicted molar refractivity (Wildman–Crippen MR) is 17.4 cm³/mol. The molecule has 0 N–H and O–H groups in total. The third kappa shape index (κ3) is 2.92. The van der Waals surface area contributed by atoms with Crippen LogP contribution >= 0.6 is 0 Å². The van der Waals surface area contributed by atoms with E-state index in [1.165, 1.54) is 5.94 Å². The molecule has 3 nitrogen and oxygen atoms in total. The van der Waals surface area contributed by atoms with E-state index in [2.05, 4.69) is 4.74 Å². The Bertz CT molecular complexity index is 80.0. The molecule has 0 aliphatic heterocycles. The van der Waals surface area contributed by atoms with Crippen molar-refractivity contribution in [2.24, 2.45) is 0 Å². The van der Waals surface area contributed by atoms with Gasteiger partial charge in [0.2, 0.25) is 0 Å². The number of hydrogen-bond donors (Lipinski definition) is 0. The molecule has 0 heterocycles. The standard InChI is InChI=1S/C3H2O3/c4-1-2-6-3-5/h2-3H. The van der Waals surface area contributed by atoms with Gasteiger partial charge in [-0.2, -0.15) is 0 Å². The highest BCUT2D eigenvalue weighted by atomic mass is 16.5. The molecule has 0 aliphatic carbocycles. The molecule has 3 heteroatoms. The van der Waals surface area contributed by atoms with Crippen molar-refractivity contribution in [2.45, 2.75) is 0 Å². The lowest BCUT2D eigenvalue weighted by Crippen LogP contribution is -1.70. The summed E-state index contributed by atoms with van der Waals surface area (Å²) in [6, 6.07) is 0. The van der Waals surface area contributed by atoms with Crippen LogP contribution in [-0.2, 0) is 14.3 Å². The van der Waals surface area contributed by atoms with Crippen LogP contribution in [0.4, 0.5) is 0 Å². The molecule has 0 fully saturated rings. The molecular formula is C3H2O3. The van der Waals surface area contributed by atoms with Crippen molar-refractivity contribution in [1.82, 2.24) is 0 Å². The van der Waals surface area contributed by atoms with Gasteiger partial charge in [0.1, 0.15) is 0 Å². The van der Waals surface area contributed by atoms with Gasteiger partial charge in [-0.05, 0) is 0 Å². The summed E-state index contributed by atoms with van der Waals surface area (Å²) in [6.07, 6.45) is 0.632. The number of ether oxygens (including phenoxy) is 1. The fourth-order valence-electron chi connectivity index (χ4n) is 0.0556. The Morgan fingerprint density at radius 3 is 2.50 bits per heavy atom. The third-order valence-corrected chi connectivity index (χ3v) is 0.172. The van der Waals surface area contributed by atoms with Crippen molar-refractivity contribution < 1.29 is 14.3 Å². The van der Waals surface area contributed by atoms with Crippen molar-refractivity contribution >= 4 is 12.4 Å². The van der Waals surface area contributed by atoms with E-state index >= 15 is 0 Å². The Labute approximate surface area is 34.2 Å². The van der Waals surface area contributed by atoms with Gasteiger partial charge in [-0.1, -0.05) is 0 Å². The van der Waals surface area contributed by atoms with Crippen LogP contribution in [0, 0.1) is 0 Å². The average molecular weight is 86.0 g/mol. The first-order chi connectivity index (χ1) is 2.91. The van der Waals surface area contributed by atoms with Crippen LogP contribution in [0.15, 0.2) is 6.26 Å². The minimum atomic E-state index is 0.144. The molecule has 0 radical (unpaired) electrons. The van der Waals surface area contributed by atoms with Gasteiger partial charge >= 0.3 is 0 Å². The largest absolute Gasteiger partial charge is 0.425 e. The van der Waals surface area contributed by atoms with E-state index in [1.807, 2.05) is 0 Å². The zero-order valence-corrected chi connectivity index (χ0v) is 2.88. The zero-order valence-electron chi connectivity index (χ0n) is 2.88. The van der Waals surface area contributed by atoms with Crippen molar-refractivity contribution in [3.05, 3.63) is 6.26 Å². The van der Waals surface area contributed by atoms with Crippen molar-refractivity contribution in [3.63, 3.8) is 0 Å². The van der Waals surface area contributed by atoms with E-state index in [-0.39, 0.29) is 6.47 Å². The molecule has 0 atom stereocenters. The van der Waals surface area contributed by atoms with Gasteiger partial charge in [0, 0.05) is 0 Å². The maximum Gasteiger partial charge on any atom is 0.298 e. The molecule has 32 valence electrons. The molecule has 0 rings (SSSR count). The summed E-state index contributed by atoms with van der Waals surface area (Å²) >= 11 is 0. The normalized spacial score (nSPS) is 5.33. The van der Waals surface area contributed by atoms with Crippen molar-refractivity contribution in [3.8, 4) is 0 Å². The molecule has 0 amide bonds. The number of carbonyl (C=O) groups is 1. The van der Waals surface area contributed by atoms with E-state index in [0.717, 1.165) is 0 Å². The van der Waals surface area contributed by atoms with Gasteiger partial charge in [-0.15, -0.1) is 0 Å². The van der Waals surface area contributed by atoms with Crippen LogP contribution in [0.25, 0.3) is 0 Å². The highest BCUT2D eigenvalue weighted by molar-refractivity contribution is 5.48.